The van der Waals surface area contributed by atoms with E-state index in [1.807, 2.05) is 23.4 Å². The number of thiophene rings is 1. The van der Waals surface area contributed by atoms with E-state index in [-0.39, 0.29) is 18.1 Å². The van der Waals surface area contributed by atoms with Gasteiger partial charge in [0.15, 0.2) is 0 Å². The summed E-state index contributed by atoms with van der Waals surface area (Å²) in [5.74, 6) is 0. The van der Waals surface area contributed by atoms with Gasteiger partial charge in [0.25, 0.3) is 0 Å². The minimum absolute atomic E-state index is 0.0335. The Morgan fingerprint density at radius 2 is 2.50 bits per heavy atom. The number of hydrogen-bond donors (Lipinski definition) is 2. The molecule has 2 N–H and O–H groups in total. The molecular weight excluding hydrogens is 296 g/mol. The van der Waals surface area contributed by atoms with Crippen LogP contribution < -0.4 is 5.32 Å². The van der Waals surface area contributed by atoms with Crippen LogP contribution in [-0.2, 0) is 0 Å². The van der Waals surface area contributed by atoms with E-state index in [0.717, 1.165) is 37.8 Å². The molecule has 2 amide bonds. The Labute approximate surface area is 134 Å². The standard InChI is InChI=1S/C16H22N4OS/c1-2-13(15-7-5-9-22-15)19-16(21)20-8-4-3-6-14(20)12-10-17-18-11-12/h5,7,9-11,13-14H,2-4,6,8H2,1H3,(H,17,18)(H,19,21)/t13-,14+/m1/s1. The summed E-state index contributed by atoms with van der Waals surface area (Å²) in [5.41, 5.74) is 1.10. The fourth-order valence-corrected chi connectivity index (χ4v) is 3.92. The van der Waals surface area contributed by atoms with E-state index < -0.39 is 0 Å². The molecule has 1 aliphatic rings. The highest BCUT2D eigenvalue weighted by molar-refractivity contribution is 7.10. The Morgan fingerprint density at radius 1 is 1.59 bits per heavy atom. The number of nitrogens with zero attached hydrogens (tertiary/aromatic N) is 2. The summed E-state index contributed by atoms with van der Waals surface area (Å²) in [6, 6.07) is 4.38. The molecule has 2 atom stereocenters. The second-order valence-electron chi connectivity index (χ2n) is 5.66. The van der Waals surface area contributed by atoms with Gasteiger partial charge in [0.05, 0.1) is 18.3 Å². The average molecular weight is 318 g/mol. The van der Waals surface area contributed by atoms with E-state index in [1.165, 1.54) is 4.88 Å². The van der Waals surface area contributed by atoms with E-state index in [9.17, 15) is 4.79 Å². The zero-order valence-electron chi connectivity index (χ0n) is 12.8. The lowest BCUT2D eigenvalue weighted by Crippen LogP contribution is -2.45. The first-order valence-electron chi connectivity index (χ1n) is 7.88. The van der Waals surface area contributed by atoms with Crippen molar-refractivity contribution in [3.05, 3.63) is 40.3 Å². The van der Waals surface area contributed by atoms with Gasteiger partial charge in [-0.05, 0) is 37.1 Å². The van der Waals surface area contributed by atoms with E-state index >= 15 is 0 Å². The lowest BCUT2D eigenvalue weighted by molar-refractivity contribution is 0.148. The first-order valence-corrected chi connectivity index (χ1v) is 8.76. The molecule has 1 aliphatic heterocycles. The summed E-state index contributed by atoms with van der Waals surface area (Å²) in [4.78, 5) is 15.9. The lowest BCUT2D eigenvalue weighted by atomic mass is 9.98. The van der Waals surface area contributed by atoms with Gasteiger partial charge in [0.1, 0.15) is 0 Å². The summed E-state index contributed by atoms with van der Waals surface area (Å²) >= 11 is 1.69. The number of urea groups is 1. The molecule has 0 bridgehead atoms. The molecule has 2 aromatic rings. The summed E-state index contributed by atoms with van der Waals surface area (Å²) < 4.78 is 0. The SMILES string of the molecule is CC[C@@H](NC(=O)N1CCCC[C@H]1c1cn[nH]c1)c1cccs1. The maximum absolute atomic E-state index is 12.8. The molecule has 1 fully saturated rings. The zero-order valence-corrected chi connectivity index (χ0v) is 13.6. The number of carbonyl (C=O) groups excluding carboxylic acids is 1. The van der Waals surface area contributed by atoms with Gasteiger partial charge in [-0.25, -0.2) is 4.79 Å². The fraction of sp³-hybridized carbons (Fsp3) is 0.500. The highest BCUT2D eigenvalue weighted by Crippen LogP contribution is 2.31. The summed E-state index contributed by atoms with van der Waals surface area (Å²) in [6.45, 7) is 2.91. The molecular formula is C16H22N4OS. The van der Waals surface area contributed by atoms with E-state index in [4.69, 9.17) is 0 Å². The first-order chi connectivity index (χ1) is 10.8. The summed E-state index contributed by atoms with van der Waals surface area (Å²) in [7, 11) is 0. The molecule has 0 radical (unpaired) electrons. The van der Waals surface area contributed by atoms with Gasteiger partial charge in [-0.3, -0.25) is 5.10 Å². The van der Waals surface area contributed by atoms with Gasteiger partial charge >= 0.3 is 6.03 Å². The third-order valence-electron chi connectivity index (χ3n) is 4.26. The van der Waals surface area contributed by atoms with Crippen LogP contribution in [-0.4, -0.2) is 27.7 Å². The number of carbonyl (C=O) groups is 1. The third kappa shape index (κ3) is 3.16. The van der Waals surface area contributed by atoms with Gasteiger partial charge in [-0.2, -0.15) is 5.10 Å². The van der Waals surface area contributed by atoms with Gasteiger partial charge in [0.2, 0.25) is 0 Å². The highest BCUT2D eigenvalue weighted by Gasteiger charge is 2.29. The Hall–Kier alpha value is -1.82. The van der Waals surface area contributed by atoms with E-state index in [1.54, 1.807) is 11.3 Å². The monoisotopic (exact) mass is 318 g/mol. The topological polar surface area (TPSA) is 61.0 Å². The maximum atomic E-state index is 12.8. The number of aromatic nitrogens is 2. The van der Waals surface area contributed by atoms with Crippen molar-refractivity contribution in [3.63, 3.8) is 0 Å². The van der Waals surface area contributed by atoms with Crippen LogP contribution in [0.5, 0.6) is 0 Å². The Kier molecular flexibility index (Phi) is 4.77. The molecule has 2 aromatic heterocycles. The van der Waals surface area contributed by atoms with Crippen LogP contribution in [0.4, 0.5) is 4.79 Å². The molecule has 5 nitrogen and oxygen atoms in total. The molecule has 3 rings (SSSR count). The van der Waals surface area contributed by atoms with Gasteiger partial charge in [-0.1, -0.05) is 13.0 Å². The number of H-pyrrole nitrogens is 1. The van der Waals surface area contributed by atoms with Crippen molar-refractivity contribution < 1.29 is 4.79 Å². The number of rotatable bonds is 4. The predicted molar refractivity (Wildman–Crippen MR) is 87.8 cm³/mol. The molecule has 0 aromatic carbocycles. The predicted octanol–water partition coefficient (Wildman–Crippen LogP) is 3.86. The first kappa shape index (κ1) is 15.1. The molecule has 3 heterocycles. The Bertz CT molecular complexity index is 581. The maximum Gasteiger partial charge on any atom is 0.318 e. The van der Waals surface area contributed by atoms with Crippen LogP contribution in [0.25, 0.3) is 0 Å². The largest absolute Gasteiger partial charge is 0.330 e. The summed E-state index contributed by atoms with van der Waals surface area (Å²) in [5, 5.41) is 12.1. The van der Waals surface area contributed by atoms with Gasteiger partial charge in [-0.15, -0.1) is 11.3 Å². The molecule has 22 heavy (non-hydrogen) atoms. The number of amides is 2. The van der Waals surface area contributed by atoms with Crippen LogP contribution in [0.1, 0.15) is 55.1 Å². The van der Waals surface area contributed by atoms with Crippen molar-refractivity contribution in [2.45, 2.75) is 44.7 Å². The Balaban J connectivity index is 1.72. The minimum Gasteiger partial charge on any atom is -0.330 e. The van der Waals surface area contributed by atoms with Crippen molar-refractivity contribution in [1.82, 2.24) is 20.4 Å². The molecule has 118 valence electrons. The molecule has 6 heteroatoms. The molecule has 0 unspecified atom stereocenters. The zero-order chi connectivity index (χ0) is 15.4. The number of nitrogens with one attached hydrogen (secondary N) is 2. The van der Waals surface area contributed by atoms with Crippen molar-refractivity contribution >= 4 is 17.4 Å². The lowest BCUT2D eigenvalue weighted by Gasteiger charge is -2.36. The number of likely N-dealkylation sites (tertiary alicyclic amines) is 1. The summed E-state index contributed by atoms with van der Waals surface area (Å²) in [6.07, 6.45) is 7.85. The van der Waals surface area contributed by atoms with Gasteiger partial charge < -0.3 is 10.2 Å². The van der Waals surface area contributed by atoms with Crippen LogP contribution >= 0.6 is 11.3 Å². The minimum atomic E-state index is 0.0335. The molecule has 0 saturated carbocycles. The molecule has 1 saturated heterocycles. The third-order valence-corrected chi connectivity index (χ3v) is 5.25. The fourth-order valence-electron chi connectivity index (χ4n) is 3.06. The smallest absolute Gasteiger partial charge is 0.318 e. The Morgan fingerprint density at radius 3 is 3.18 bits per heavy atom. The van der Waals surface area contributed by atoms with Crippen molar-refractivity contribution in [2.24, 2.45) is 0 Å². The second kappa shape index (κ2) is 6.96. The normalized spacial score (nSPS) is 19.9. The quantitative estimate of drug-likeness (QED) is 0.899. The van der Waals surface area contributed by atoms with Gasteiger partial charge in [0, 0.05) is 23.2 Å². The molecule has 0 aliphatic carbocycles. The molecule has 0 spiro atoms. The number of piperidine rings is 1. The highest BCUT2D eigenvalue weighted by atomic mass is 32.1. The van der Waals surface area contributed by atoms with Crippen LogP contribution in [0, 0.1) is 0 Å². The number of aromatic amines is 1. The van der Waals surface area contributed by atoms with Crippen LogP contribution in [0.3, 0.4) is 0 Å². The van der Waals surface area contributed by atoms with Crippen LogP contribution in [0.2, 0.25) is 0 Å². The van der Waals surface area contributed by atoms with Crippen molar-refractivity contribution in [2.75, 3.05) is 6.54 Å². The van der Waals surface area contributed by atoms with Crippen molar-refractivity contribution in [1.29, 1.82) is 0 Å². The average Bonchev–Trinajstić information content (AvgIpc) is 3.25. The van der Waals surface area contributed by atoms with E-state index in [2.05, 4.69) is 33.9 Å². The van der Waals surface area contributed by atoms with Crippen molar-refractivity contribution in [3.8, 4) is 0 Å². The van der Waals surface area contributed by atoms with E-state index in [0.29, 0.717) is 0 Å². The second-order valence-corrected chi connectivity index (χ2v) is 6.64. The van der Waals surface area contributed by atoms with Crippen LogP contribution in [0.15, 0.2) is 29.9 Å². The number of hydrogen-bond acceptors (Lipinski definition) is 3.